The van der Waals surface area contributed by atoms with Crippen molar-refractivity contribution in [2.45, 2.75) is 71.3 Å². The predicted octanol–water partition coefficient (Wildman–Crippen LogP) is 8.02. The van der Waals surface area contributed by atoms with Gasteiger partial charge in [-0.3, -0.25) is 14.5 Å². The Kier molecular flexibility index (Phi) is 9.31. The van der Waals surface area contributed by atoms with Crippen molar-refractivity contribution in [1.29, 1.82) is 0 Å². The third kappa shape index (κ3) is 5.94. The van der Waals surface area contributed by atoms with Crippen LogP contribution in [0.1, 0.15) is 82.4 Å². The molecular formula is C36H43N3O3. The summed E-state index contributed by atoms with van der Waals surface area (Å²) in [5.74, 6) is 0.975. The lowest BCUT2D eigenvalue weighted by atomic mass is 9.78. The van der Waals surface area contributed by atoms with Crippen molar-refractivity contribution < 1.29 is 14.3 Å². The van der Waals surface area contributed by atoms with Crippen LogP contribution < -0.4 is 19.9 Å². The molecule has 1 aliphatic heterocycles. The lowest BCUT2D eigenvalue weighted by Gasteiger charge is -2.35. The fourth-order valence-electron chi connectivity index (χ4n) is 6.40. The molecule has 3 aromatic rings. The Morgan fingerprint density at radius 1 is 0.905 bits per heavy atom. The first-order valence-corrected chi connectivity index (χ1v) is 15.4. The summed E-state index contributed by atoms with van der Waals surface area (Å²) in [6.07, 6.45) is 4.40. The zero-order valence-electron chi connectivity index (χ0n) is 25.4. The Bertz CT molecular complexity index is 1420. The van der Waals surface area contributed by atoms with Crippen LogP contribution in [0.25, 0.3) is 0 Å². The SMILES string of the molecule is CCCCCC(=O)N1c2ccccc2NC2=C(C(=O)C[C@H](c3ccc(OC)cc3)C2)[C@H]1c1ccc(N(CC)CC)cc1. The molecule has 0 bridgehead atoms. The largest absolute Gasteiger partial charge is 0.497 e. The van der Waals surface area contributed by atoms with Gasteiger partial charge in [0, 0.05) is 42.9 Å². The number of anilines is 3. The lowest BCUT2D eigenvalue weighted by molar-refractivity contribution is -0.119. The van der Waals surface area contributed by atoms with Crippen molar-refractivity contribution in [3.05, 3.63) is 95.2 Å². The summed E-state index contributed by atoms with van der Waals surface area (Å²) < 4.78 is 5.36. The van der Waals surface area contributed by atoms with Crippen molar-refractivity contribution in [2.75, 3.05) is 35.3 Å². The third-order valence-electron chi connectivity index (χ3n) is 8.68. The molecule has 0 saturated carbocycles. The number of hydrogen-bond donors (Lipinski definition) is 1. The maximum Gasteiger partial charge on any atom is 0.227 e. The van der Waals surface area contributed by atoms with Gasteiger partial charge in [0.2, 0.25) is 5.91 Å². The van der Waals surface area contributed by atoms with Crippen LogP contribution in [-0.2, 0) is 9.59 Å². The fraction of sp³-hybridized carbons (Fsp3) is 0.389. The van der Waals surface area contributed by atoms with Crippen LogP contribution >= 0.6 is 0 Å². The molecule has 0 aromatic heterocycles. The molecule has 6 heteroatoms. The lowest BCUT2D eigenvalue weighted by Crippen LogP contribution is -2.38. The van der Waals surface area contributed by atoms with Gasteiger partial charge in [0.15, 0.2) is 5.78 Å². The Hall–Kier alpha value is -4.06. The van der Waals surface area contributed by atoms with Crippen molar-refractivity contribution in [3.8, 4) is 5.75 Å². The number of ketones is 1. The summed E-state index contributed by atoms with van der Waals surface area (Å²) in [6.45, 7) is 8.28. The molecule has 0 unspecified atom stereocenters. The van der Waals surface area contributed by atoms with Gasteiger partial charge >= 0.3 is 0 Å². The van der Waals surface area contributed by atoms with E-state index in [2.05, 4.69) is 67.4 Å². The van der Waals surface area contributed by atoms with E-state index in [1.165, 1.54) is 0 Å². The summed E-state index contributed by atoms with van der Waals surface area (Å²) in [6, 6.07) is 23.9. The smallest absolute Gasteiger partial charge is 0.227 e. The van der Waals surface area contributed by atoms with Gasteiger partial charge in [-0.05, 0) is 80.1 Å². The van der Waals surface area contributed by atoms with E-state index < -0.39 is 6.04 Å². The van der Waals surface area contributed by atoms with Crippen molar-refractivity contribution in [2.24, 2.45) is 0 Å². The first kappa shape index (κ1) is 29.4. The molecular weight excluding hydrogens is 522 g/mol. The van der Waals surface area contributed by atoms with Gasteiger partial charge in [0.25, 0.3) is 0 Å². The van der Waals surface area contributed by atoms with Crippen LogP contribution in [0.3, 0.4) is 0 Å². The van der Waals surface area contributed by atoms with Gasteiger partial charge in [-0.25, -0.2) is 0 Å². The van der Waals surface area contributed by atoms with Crippen LogP contribution in [0.5, 0.6) is 5.75 Å². The predicted molar refractivity (Wildman–Crippen MR) is 171 cm³/mol. The molecule has 0 saturated heterocycles. The quantitative estimate of drug-likeness (QED) is 0.252. The molecule has 220 valence electrons. The van der Waals surface area contributed by atoms with Crippen molar-refractivity contribution >= 4 is 28.8 Å². The van der Waals surface area contributed by atoms with Crippen LogP contribution in [0, 0.1) is 0 Å². The van der Waals surface area contributed by atoms with Gasteiger partial charge in [0.1, 0.15) is 5.75 Å². The summed E-state index contributed by atoms with van der Waals surface area (Å²) in [4.78, 5) is 32.6. The molecule has 1 amide bonds. The number of Topliss-reactive ketones (excluding diaryl/α,β-unsaturated/α-hetero) is 1. The molecule has 1 N–H and O–H groups in total. The summed E-state index contributed by atoms with van der Waals surface area (Å²) in [5.41, 5.74) is 6.50. The first-order chi connectivity index (χ1) is 20.5. The standard InChI is InChI=1S/C36H43N3O3/c1-5-8-9-14-34(41)39-32-13-11-10-12-30(32)37-31-23-27(25-17-21-29(42-4)22-18-25)24-33(40)35(31)36(39)26-15-19-28(20-16-26)38(6-2)7-3/h10-13,15-22,27,36-37H,5-9,14,23-24H2,1-4H3/t27-,36-/m1/s1. The van der Waals surface area contributed by atoms with E-state index in [1.54, 1.807) is 7.11 Å². The number of carbonyl (C=O) groups excluding carboxylic acids is 2. The second-order valence-electron chi connectivity index (χ2n) is 11.2. The van der Waals surface area contributed by atoms with E-state index in [1.807, 2.05) is 41.3 Å². The van der Waals surface area contributed by atoms with Gasteiger partial charge in [0.05, 0.1) is 24.5 Å². The maximum absolute atomic E-state index is 14.3. The number of para-hydroxylation sites is 2. The molecule has 6 nitrogen and oxygen atoms in total. The molecule has 0 spiro atoms. The van der Waals surface area contributed by atoms with E-state index in [9.17, 15) is 9.59 Å². The number of ether oxygens (including phenoxy) is 1. The Labute approximate surface area is 250 Å². The minimum absolute atomic E-state index is 0.0410. The average Bonchev–Trinajstić information content (AvgIpc) is 3.17. The Morgan fingerprint density at radius 2 is 1.60 bits per heavy atom. The fourth-order valence-corrected chi connectivity index (χ4v) is 6.40. The monoisotopic (exact) mass is 565 g/mol. The number of nitrogens with one attached hydrogen (secondary N) is 1. The molecule has 0 fully saturated rings. The molecule has 2 atom stereocenters. The Morgan fingerprint density at radius 3 is 2.26 bits per heavy atom. The van der Waals surface area contributed by atoms with Crippen LogP contribution in [-0.4, -0.2) is 31.9 Å². The number of rotatable bonds is 10. The number of amides is 1. The zero-order valence-corrected chi connectivity index (χ0v) is 25.4. The normalized spacial score (nSPS) is 18.1. The second-order valence-corrected chi connectivity index (χ2v) is 11.2. The summed E-state index contributed by atoms with van der Waals surface area (Å²) >= 11 is 0. The minimum Gasteiger partial charge on any atom is -0.497 e. The molecule has 3 aromatic carbocycles. The number of nitrogens with zero attached hydrogens (tertiary/aromatic N) is 2. The molecule has 1 aliphatic carbocycles. The molecule has 5 rings (SSSR count). The third-order valence-corrected chi connectivity index (χ3v) is 8.68. The van der Waals surface area contributed by atoms with E-state index in [4.69, 9.17) is 4.74 Å². The highest BCUT2D eigenvalue weighted by molar-refractivity contribution is 6.06. The first-order valence-electron chi connectivity index (χ1n) is 15.4. The highest BCUT2D eigenvalue weighted by Gasteiger charge is 2.41. The molecule has 0 radical (unpaired) electrons. The van der Waals surface area contributed by atoms with Crippen LogP contribution in [0.15, 0.2) is 84.1 Å². The molecule has 2 aliphatic rings. The zero-order chi connectivity index (χ0) is 29.6. The highest BCUT2D eigenvalue weighted by atomic mass is 16.5. The summed E-state index contributed by atoms with van der Waals surface area (Å²) in [5, 5.41) is 3.65. The topological polar surface area (TPSA) is 61.9 Å². The number of methoxy groups -OCH3 is 1. The second kappa shape index (κ2) is 13.3. The van der Waals surface area contributed by atoms with E-state index in [-0.39, 0.29) is 17.6 Å². The van der Waals surface area contributed by atoms with E-state index >= 15 is 0 Å². The minimum atomic E-state index is -0.500. The number of benzene rings is 3. The Balaban J connectivity index is 1.63. The van der Waals surface area contributed by atoms with Gasteiger partial charge in [-0.2, -0.15) is 0 Å². The van der Waals surface area contributed by atoms with Gasteiger partial charge < -0.3 is 15.0 Å². The van der Waals surface area contributed by atoms with Crippen molar-refractivity contribution in [3.63, 3.8) is 0 Å². The number of allylic oxidation sites excluding steroid dienone is 1. The average molecular weight is 566 g/mol. The summed E-state index contributed by atoms with van der Waals surface area (Å²) in [7, 11) is 1.66. The number of carbonyl (C=O) groups is 2. The molecule has 1 heterocycles. The number of hydrogen-bond acceptors (Lipinski definition) is 5. The van der Waals surface area contributed by atoms with Gasteiger partial charge in [-0.1, -0.05) is 56.2 Å². The maximum atomic E-state index is 14.3. The van der Waals surface area contributed by atoms with Crippen LogP contribution in [0.4, 0.5) is 17.1 Å². The number of fused-ring (bicyclic) bond motifs is 1. The number of unbranched alkanes of at least 4 members (excludes halogenated alkanes) is 2. The molecule has 42 heavy (non-hydrogen) atoms. The highest BCUT2D eigenvalue weighted by Crippen LogP contribution is 2.48. The van der Waals surface area contributed by atoms with Crippen LogP contribution in [0.2, 0.25) is 0 Å². The van der Waals surface area contributed by atoms with E-state index in [0.717, 1.165) is 72.0 Å². The van der Waals surface area contributed by atoms with Crippen molar-refractivity contribution in [1.82, 2.24) is 0 Å². The van der Waals surface area contributed by atoms with E-state index in [0.29, 0.717) is 24.8 Å². The van der Waals surface area contributed by atoms with Gasteiger partial charge in [-0.15, -0.1) is 0 Å².